The number of hydrogen-bond donors (Lipinski definition) is 2. The molecule has 0 aliphatic carbocycles. The Kier molecular flexibility index (Phi) is 5.15. The smallest absolute Gasteiger partial charge is 0.0453 e. The van der Waals surface area contributed by atoms with Crippen LogP contribution >= 0.6 is 23.4 Å². The molecule has 1 aromatic rings. The van der Waals surface area contributed by atoms with E-state index in [2.05, 4.69) is 12.2 Å². The number of nitrogens with two attached hydrogens (primary N) is 1. The zero-order valence-corrected chi connectivity index (χ0v) is 9.79. The summed E-state index contributed by atoms with van der Waals surface area (Å²) in [5.74, 6) is 1.01. The molecule has 78 valence electrons. The molecule has 0 amide bonds. The fraction of sp³-hybridized carbons (Fsp3) is 0.400. The van der Waals surface area contributed by atoms with Crippen LogP contribution in [0.1, 0.15) is 6.92 Å². The van der Waals surface area contributed by atoms with Gasteiger partial charge < -0.3 is 11.1 Å². The fourth-order valence-corrected chi connectivity index (χ4v) is 2.19. The van der Waals surface area contributed by atoms with Crippen LogP contribution in [0.2, 0.25) is 5.02 Å². The first-order valence-corrected chi connectivity index (χ1v) is 5.99. The lowest BCUT2D eigenvalue weighted by Gasteiger charge is -2.05. The number of nitrogens with one attached hydrogen (secondary N) is 1. The molecule has 0 radical (unpaired) electrons. The van der Waals surface area contributed by atoms with Crippen molar-refractivity contribution >= 4 is 29.1 Å². The van der Waals surface area contributed by atoms with Crippen molar-refractivity contribution in [3.05, 3.63) is 23.2 Å². The van der Waals surface area contributed by atoms with Crippen molar-refractivity contribution in [1.29, 1.82) is 0 Å². The average molecular weight is 231 g/mol. The Morgan fingerprint density at radius 1 is 1.50 bits per heavy atom. The minimum Gasteiger partial charge on any atom is -0.398 e. The van der Waals surface area contributed by atoms with E-state index in [0.29, 0.717) is 0 Å². The molecule has 0 fully saturated rings. The Morgan fingerprint density at radius 3 is 3.00 bits per heavy atom. The molecule has 3 N–H and O–H groups in total. The number of thioether (sulfide) groups is 1. The maximum Gasteiger partial charge on any atom is 0.0453 e. The molecule has 1 aromatic carbocycles. The number of benzene rings is 1. The first-order chi connectivity index (χ1) is 6.74. The predicted molar refractivity (Wildman–Crippen MR) is 65.1 cm³/mol. The van der Waals surface area contributed by atoms with Crippen LogP contribution in [0.3, 0.4) is 0 Å². The van der Waals surface area contributed by atoms with E-state index in [4.69, 9.17) is 17.3 Å². The monoisotopic (exact) mass is 230 g/mol. The number of halogens is 1. The topological polar surface area (TPSA) is 38.0 Å². The standard InChI is InChI=1S/C10H15ClN2S/c1-2-13-5-6-14-10-7-8(11)3-4-9(10)12/h3-4,7,13H,2,5-6,12H2,1H3. The van der Waals surface area contributed by atoms with E-state index < -0.39 is 0 Å². The second-order valence-electron chi connectivity index (χ2n) is 2.88. The first-order valence-electron chi connectivity index (χ1n) is 4.62. The van der Waals surface area contributed by atoms with Gasteiger partial charge in [0.25, 0.3) is 0 Å². The van der Waals surface area contributed by atoms with E-state index in [1.54, 1.807) is 11.8 Å². The SMILES string of the molecule is CCNCCSc1cc(Cl)ccc1N. The highest BCUT2D eigenvalue weighted by Crippen LogP contribution is 2.27. The van der Waals surface area contributed by atoms with E-state index in [1.807, 2.05) is 18.2 Å². The highest BCUT2D eigenvalue weighted by Gasteiger charge is 2.00. The van der Waals surface area contributed by atoms with Gasteiger partial charge in [-0.1, -0.05) is 18.5 Å². The minimum atomic E-state index is 0.741. The molecule has 0 bridgehead atoms. The molecule has 0 saturated heterocycles. The van der Waals surface area contributed by atoms with Gasteiger partial charge in [-0.3, -0.25) is 0 Å². The molecule has 0 heterocycles. The number of rotatable bonds is 5. The summed E-state index contributed by atoms with van der Waals surface area (Å²) in [5.41, 5.74) is 6.61. The Bertz CT molecular complexity index is 291. The van der Waals surface area contributed by atoms with Gasteiger partial charge in [0.15, 0.2) is 0 Å². The zero-order valence-electron chi connectivity index (χ0n) is 8.22. The van der Waals surface area contributed by atoms with Crippen LogP contribution in [0.5, 0.6) is 0 Å². The van der Waals surface area contributed by atoms with Crippen molar-refractivity contribution in [2.45, 2.75) is 11.8 Å². The van der Waals surface area contributed by atoms with Crippen molar-refractivity contribution < 1.29 is 0 Å². The zero-order chi connectivity index (χ0) is 10.4. The minimum absolute atomic E-state index is 0.741. The molecule has 0 aromatic heterocycles. The van der Waals surface area contributed by atoms with Crippen molar-refractivity contribution in [2.24, 2.45) is 0 Å². The molecule has 2 nitrogen and oxygen atoms in total. The van der Waals surface area contributed by atoms with Gasteiger partial charge in [-0.15, -0.1) is 11.8 Å². The molecule has 1 rings (SSSR count). The van der Waals surface area contributed by atoms with E-state index >= 15 is 0 Å². The molecule has 0 spiro atoms. The first kappa shape index (κ1) is 11.7. The number of hydrogen-bond acceptors (Lipinski definition) is 3. The molecule has 0 saturated carbocycles. The predicted octanol–water partition coefficient (Wildman–Crippen LogP) is 2.62. The van der Waals surface area contributed by atoms with Crippen molar-refractivity contribution in [3.8, 4) is 0 Å². The third-order valence-corrected chi connectivity index (χ3v) is 3.07. The maximum atomic E-state index is 5.87. The van der Waals surface area contributed by atoms with Crippen molar-refractivity contribution in [2.75, 3.05) is 24.6 Å². The van der Waals surface area contributed by atoms with Crippen molar-refractivity contribution in [1.82, 2.24) is 5.32 Å². The molecule has 0 unspecified atom stereocenters. The molecular weight excluding hydrogens is 216 g/mol. The van der Waals surface area contributed by atoms with Gasteiger partial charge in [0.05, 0.1) is 0 Å². The molecule has 0 atom stereocenters. The maximum absolute atomic E-state index is 5.87. The molecule has 14 heavy (non-hydrogen) atoms. The highest BCUT2D eigenvalue weighted by molar-refractivity contribution is 7.99. The summed E-state index contributed by atoms with van der Waals surface area (Å²) < 4.78 is 0. The van der Waals surface area contributed by atoms with E-state index in [-0.39, 0.29) is 0 Å². The Labute approximate surface area is 94.2 Å². The Balaban J connectivity index is 2.45. The molecule has 0 aliphatic heterocycles. The second kappa shape index (κ2) is 6.17. The van der Waals surface area contributed by atoms with Crippen LogP contribution in [0.25, 0.3) is 0 Å². The van der Waals surface area contributed by atoms with Gasteiger partial charge in [0, 0.05) is 27.9 Å². The van der Waals surface area contributed by atoms with Gasteiger partial charge >= 0.3 is 0 Å². The molecule has 0 aliphatic rings. The van der Waals surface area contributed by atoms with E-state index in [0.717, 1.165) is 34.4 Å². The van der Waals surface area contributed by atoms with Gasteiger partial charge in [0.2, 0.25) is 0 Å². The summed E-state index contributed by atoms with van der Waals surface area (Å²) in [6.45, 7) is 4.09. The lowest BCUT2D eigenvalue weighted by molar-refractivity contribution is 0.768. The summed E-state index contributed by atoms with van der Waals surface area (Å²) in [6.07, 6.45) is 0. The highest BCUT2D eigenvalue weighted by atomic mass is 35.5. The number of anilines is 1. The lowest BCUT2D eigenvalue weighted by atomic mass is 10.3. The van der Waals surface area contributed by atoms with Crippen LogP contribution in [0, 0.1) is 0 Å². The second-order valence-corrected chi connectivity index (χ2v) is 4.46. The van der Waals surface area contributed by atoms with Gasteiger partial charge in [0.1, 0.15) is 0 Å². The largest absolute Gasteiger partial charge is 0.398 e. The Morgan fingerprint density at radius 2 is 2.29 bits per heavy atom. The van der Waals surface area contributed by atoms with Crippen LogP contribution in [-0.2, 0) is 0 Å². The van der Waals surface area contributed by atoms with Crippen LogP contribution in [-0.4, -0.2) is 18.8 Å². The Hall–Kier alpha value is -0.380. The third-order valence-electron chi connectivity index (χ3n) is 1.76. The third kappa shape index (κ3) is 3.78. The van der Waals surface area contributed by atoms with Gasteiger partial charge in [-0.25, -0.2) is 0 Å². The summed E-state index contributed by atoms with van der Waals surface area (Å²) in [4.78, 5) is 1.07. The summed E-state index contributed by atoms with van der Waals surface area (Å²) in [7, 11) is 0. The van der Waals surface area contributed by atoms with Crippen LogP contribution < -0.4 is 11.1 Å². The lowest BCUT2D eigenvalue weighted by Crippen LogP contribution is -2.15. The average Bonchev–Trinajstić information content (AvgIpc) is 2.18. The molecular formula is C10H15ClN2S. The summed E-state index contributed by atoms with van der Waals surface area (Å²) >= 11 is 7.60. The van der Waals surface area contributed by atoms with Gasteiger partial charge in [-0.05, 0) is 24.7 Å². The van der Waals surface area contributed by atoms with E-state index in [9.17, 15) is 0 Å². The van der Waals surface area contributed by atoms with Crippen LogP contribution in [0.15, 0.2) is 23.1 Å². The summed E-state index contributed by atoms with van der Waals surface area (Å²) in [5, 5.41) is 4.00. The molecule has 4 heteroatoms. The van der Waals surface area contributed by atoms with Crippen molar-refractivity contribution in [3.63, 3.8) is 0 Å². The summed E-state index contributed by atoms with van der Waals surface area (Å²) in [6, 6.07) is 5.57. The normalized spacial score (nSPS) is 10.4. The quantitative estimate of drug-likeness (QED) is 0.464. The number of nitrogen functional groups attached to an aromatic ring is 1. The van der Waals surface area contributed by atoms with E-state index in [1.165, 1.54) is 0 Å². The van der Waals surface area contributed by atoms with Gasteiger partial charge in [-0.2, -0.15) is 0 Å². The van der Waals surface area contributed by atoms with Crippen LogP contribution in [0.4, 0.5) is 5.69 Å². The fourth-order valence-electron chi connectivity index (χ4n) is 1.04.